The van der Waals surface area contributed by atoms with Crippen molar-refractivity contribution in [1.82, 2.24) is 5.43 Å². The van der Waals surface area contributed by atoms with Crippen molar-refractivity contribution in [1.29, 1.82) is 0 Å². The molecular formula is C14H12N2O3S. The van der Waals surface area contributed by atoms with Crippen LogP contribution in [0.2, 0.25) is 0 Å². The van der Waals surface area contributed by atoms with E-state index in [4.69, 9.17) is 9.47 Å². The quantitative estimate of drug-likeness (QED) is 0.694. The van der Waals surface area contributed by atoms with Crippen molar-refractivity contribution < 1.29 is 14.3 Å². The van der Waals surface area contributed by atoms with Crippen molar-refractivity contribution in [2.75, 3.05) is 6.61 Å². The third-order valence-electron chi connectivity index (χ3n) is 2.71. The smallest absolute Gasteiger partial charge is 0.284 e. The summed E-state index contributed by atoms with van der Waals surface area (Å²) < 4.78 is 11.0. The Morgan fingerprint density at radius 3 is 2.95 bits per heavy atom. The number of fused-ring (bicyclic) bond motifs is 1. The number of carbonyl (C=O) groups is 1. The fourth-order valence-electron chi connectivity index (χ4n) is 1.74. The number of carbonyl (C=O) groups excluding carboxylic acids is 1. The first kappa shape index (κ1) is 12.7. The molecule has 6 heteroatoms. The Morgan fingerprint density at radius 1 is 1.30 bits per heavy atom. The molecule has 0 saturated carbocycles. The van der Waals surface area contributed by atoms with Gasteiger partial charge in [-0.15, -0.1) is 11.3 Å². The van der Waals surface area contributed by atoms with E-state index in [1.54, 1.807) is 29.7 Å². The standard InChI is InChI=1S/C14H12N2O3S/c17-14(16-15-8-10-4-3-7-20-10)13-9-18-11-5-1-2-6-12(11)19-13/h1-8,13H,9H2,(H,16,17)/b15-8-/t13-/m1/s1. The van der Waals surface area contributed by atoms with E-state index in [2.05, 4.69) is 10.5 Å². The van der Waals surface area contributed by atoms with Crippen molar-refractivity contribution >= 4 is 23.5 Å². The van der Waals surface area contributed by atoms with Crippen LogP contribution in [0.3, 0.4) is 0 Å². The van der Waals surface area contributed by atoms with Gasteiger partial charge >= 0.3 is 0 Å². The number of benzene rings is 1. The van der Waals surface area contributed by atoms with E-state index in [0.29, 0.717) is 11.5 Å². The number of amides is 1. The van der Waals surface area contributed by atoms with Gasteiger partial charge in [-0.1, -0.05) is 18.2 Å². The van der Waals surface area contributed by atoms with Crippen LogP contribution in [-0.2, 0) is 4.79 Å². The van der Waals surface area contributed by atoms with Gasteiger partial charge in [0.2, 0.25) is 6.10 Å². The van der Waals surface area contributed by atoms with Gasteiger partial charge in [0.05, 0.1) is 6.21 Å². The molecule has 0 fully saturated rings. The van der Waals surface area contributed by atoms with E-state index < -0.39 is 6.10 Å². The summed E-state index contributed by atoms with van der Waals surface area (Å²) in [6.45, 7) is 0.178. The van der Waals surface area contributed by atoms with E-state index in [0.717, 1.165) is 4.88 Å². The number of nitrogens with zero attached hydrogens (tertiary/aromatic N) is 1. The number of hydrogen-bond acceptors (Lipinski definition) is 5. The molecule has 1 aromatic carbocycles. The minimum absolute atomic E-state index is 0.178. The van der Waals surface area contributed by atoms with Crippen LogP contribution in [0.25, 0.3) is 0 Å². The molecule has 20 heavy (non-hydrogen) atoms. The van der Waals surface area contributed by atoms with Crippen molar-refractivity contribution in [3.05, 3.63) is 46.7 Å². The monoisotopic (exact) mass is 288 g/mol. The van der Waals surface area contributed by atoms with Gasteiger partial charge in [-0.3, -0.25) is 4.79 Å². The second kappa shape index (κ2) is 5.75. The van der Waals surface area contributed by atoms with E-state index >= 15 is 0 Å². The first-order valence-corrected chi connectivity index (χ1v) is 6.96. The number of nitrogens with one attached hydrogen (secondary N) is 1. The molecule has 1 amide bonds. The number of thiophene rings is 1. The van der Waals surface area contributed by atoms with Crippen LogP contribution < -0.4 is 14.9 Å². The van der Waals surface area contributed by atoms with Crippen LogP contribution >= 0.6 is 11.3 Å². The summed E-state index contributed by atoms with van der Waals surface area (Å²) in [7, 11) is 0. The molecule has 1 N–H and O–H groups in total. The molecule has 0 unspecified atom stereocenters. The topological polar surface area (TPSA) is 59.9 Å². The molecule has 5 nitrogen and oxygen atoms in total. The average Bonchev–Trinajstić information content (AvgIpc) is 3.00. The first-order chi connectivity index (χ1) is 9.83. The van der Waals surface area contributed by atoms with E-state index in [-0.39, 0.29) is 12.5 Å². The summed E-state index contributed by atoms with van der Waals surface area (Å²) in [5.41, 5.74) is 2.45. The molecule has 3 rings (SSSR count). The summed E-state index contributed by atoms with van der Waals surface area (Å²) in [6.07, 6.45) is 0.908. The highest BCUT2D eigenvalue weighted by atomic mass is 32.1. The maximum atomic E-state index is 11.9. The van der Waals surface area contributed by atoms with Crippen LogP contribution in [0.4, 0.5) is 0 Å². The number of para-hydroxylation sites is 2. The predicted octanol–water partition coefficient (Wildman–Crippen LogP) is 2.04. The number of hydrazone groups is 1. The molecule has 1 aliphatic rings. The second-order valence-corrected chi connectivity index (χ2v) is 5.09. The number of rotatable bonds is 3. The highest BCUT2D eigenvalue weighted by Crippen LogP contribution is 2.30. The van der Waals surface area contributed by atoms with Gasteiger partial charge in [0, 0.05) is 4.88 Å². The van der Waals surface area contributed by atoms with Gasteiger partial charge in [-0.25, -0.2) is 5.43 Å². The summed E-state index contributed by atoms with van der Waals surface area (Å²) >= 11 is 1.54. The average molecular weight is 288 g/mol. The second-order valence-electron chi connectivity index (χ2n) is 4.11. The summed E-state index contributed by atoms with van der Waals surface area (Å²) in [5.74, 6) is 0.895. The maximum Gasteiger partial charge on any atom is 0.284 e. The Labute approximate surface area is 119 Å². The minimum atomic E-state index is -0.689. The number of hydrogen-bond donors (Lipinski definition) is 1. The van der Waals surface area contributed by atoms with Crippen molar-refractivity contribution in [2.45, 2.75) is 6.10 Å². The molecule has 0 bridgehead atoms. The summed E-state index contributed by atoms with van der Waals surface area (Å²) in [4.78, 5) is 12.9. The lowest BCUT2D eigenvalue weighted by molar-refractivity contribution is -0.130. The number of ether oxygens (including phenoxy) is 2. The maximum absolute atomic E-state index is 11.9. The van der Waals surface area contributed by atoms with E-state index in [1.807, 2.05) is 29.6 Å². The fourth-order valence-corrected chi connectivity index (χ4v) is 2.33. The van der Waals surface area contributed by atoms with Crippen LogP contribution in [0.15, 0.2) is 46.9 Å². The molecule has 0 aliphatic carbocycles. The van der Waals surface area contributed by atoms with Crippen molar-refractivity contribution in [3.8, 4) is 11.5 Å². The molecule has 0 saturated heterocycles. The normalized spacial score (nSPS) is 17.1. The molecule has 0 spiro atoms. The van der Waals surface area contributed by atoms with Crippen molar-refractivity contribution in [2.24, 2.45) is 5.10 Å². The van der Waals surface area contributed by atoms with Gasteiger partial charge in [0.25, 0.3) is 5.91 Å². The van der Waals surface area contributed by atoms with Crippen LogP contribution in [-0.4, -0.2) is 24.8 Å². The highest BCUT2D eigenvalue weighted by molar-refractivity contribution is 7.11. The van der Waals surface area contributed by atoms with Crippen LogP contribution in [0.5, 0.6) is 11.5 Å². The molecule has 2 heterocycles. The van der Waals surface area contributed by atoms with Crippen LogP contribution in [0, 0.1) is 0 Å². The lowest BCUT2D eigenvalue weighted by Gasteiger charge is -2.24. The lowest BCUT2D eigenvalue weighted by atomic mass is 10.2. The molecule has 0 radical (unpaired) electrons. The minimum Gasteiger partial charge on any atom is -0.485 e. The summed E-state index contributed by atoms with van der Waals surface area (Å²) in [6, 6.07) is 11.1. The zero-order chi connectivity index (χ0) is 13.8. The Bertz CT molecular complexity index is 625. The van der Waals surface area contributed by atoms with Gasteiger partial charge in [0.1, 0.15) is 6.61 Å². The van der Waals surface area contributed by atoms with E-state index in [9.17, 15) is 4.79 Å². The molecule has 2 aromatic rings. The van der Waals surface area contributed by atoms with Crippen molar-refractivity contribution in [3.63, 3.8) is 0 Å². The zero-order valence-electron chi connectivity index (χ0n) is 10.5. The fraction of sp³-hybridized carbons (Fsp3) is 0.143. The molecule has 1 aliphatic heterocycles. The molecule has 1 atom stereocenters. The molecular weight excluding hydrogens is 276 g/mol. The van der Waals surface area contributed by atoms with E-state index in [1.165, 1.54) is 0 Å². The third-order valence-corrected chi connectivity index (χ3v) is 3.52. The van der Waals surface area contributed by atoms with Crippen LogP contribution in [0.1, 0.15) is 4.88 Å². The Balaban J connectivity index is 1.59. The summed E-state index contributed by atoms with van der Waals surface area (Å²) in [5, 5.41) is 5.84. The predicted molar refractivity (Wildman–Crippen MR) is 76.4 cm³/mol. The first-order valence-electron chi connectivity index (χ1n) is 6.08. The Morgan fingerprint density at radius 2 is 2.15 bits per heavy atom. The molecule has 102 valence electrons. The SMILES string of the molecule is O=C(N/N=C\c1cccs1)[C@H]1COc2ccccc2O1. The highest BCUT2D eigenvalue weighted by Gasteiger charge is 2.26. The van der Waals surface area contributed by atoms with Gasteiger partial charge < -0.3 is 9.47 Å². The van der Waals surface area contributed by atoms with Gasteiger partial charge in [-0.2, -0.15) is 5.10 Å². The van der Waals surface area contributed by atoms with Gasteiger partial charge in [0.15, 0.2) is 11.5 Å². The third kappa shape index (κ3) is 2.80. The Kier molecular flexibility index (Phi) is 3.64. The van der Waals surface area contributed by atoms with Gasteiger partial charge in [-0.05, 0) is 23.6 Å². The Hall–Kier alpha value is -2.34. The largest absolute Gasteiger partial charge is 0.485 e. The lowest BCUT2D eigenvalue weighted by Crippen LogP contribution is -2.42. The molecule has 1 aromatic heterocycles. The zero-order valence-corrected chi connectivity index (χ0v) is 11.3.